The van der Waals surface area contributed by atoms with Gasteiger partial charge in [0.25, 0.3) is 0 Å². The van der Waals surface area contributed by atoms with Gasteiger partial charge in [-0.05, 0) is 24.6 Å². The monoisotopic (exact) mass is 300 g/mol. The molecule has 0 spiro atoms. The maximum atomic E-state index is 11.0. The molecule has 1 rings (SSSR count). The number of benzene rings is 1. The Morgan fingerprint density at radius 2 is 2.25 bits per heavy atom. The van der Waals surface area contributed by atoms with Gasteiger partial charge in [-0.15, -0.1) is 11.8 Å². The third kappa shape index (κ3) is 3.68. The van der Waals surface area contributed by atoms with Crippen molar-refractivity contribution in [3.05, 3.63) is 40.4 Å². The van der Waals surface area contributed by atoms with E-state index in [1.54, 1.807) is 12.1 Å². The van der Waals surface area contributed by atoms with Crippen LogP contribution in [0.5, 0.6) is 0 Å². The first-order valence-corrected chi connectivity index (χ1v) is 6.64. The Kier molecular flexibility index (Phi) is 5.09. The molecule has 0 aliphatic carbocycles. The molecule has 0 atom stereocenters. The van der Waals surface area contributed by atoms with Gasteiger partial charge in [-0.25, -0.2) is 4.79 Å². The molecule has 0 saturated carbocycles. The van der Waals surface area contributed by atoms with E-state index in [-0.39, 0.29) is 0 Å². The SMILES string of the molecule is C=C(CC)CSc1cc(Br)ccc1C(=O)O. The Bertz CT molecular complexity index is 415. The minimum Gasteiger partial charge on any atom is -0.478 e. The van der Waals surface area contributed by atoms with Crippen LogP contribution in [-0.2, 0) is 0 Å². The Labute approximate surface area is 108 Å². The number of hydrogen-bond acceptors (Lipinski definition) is 2. The summed E-state index contributed by atoms with van der Waals surface area (Å²) in [5, 5.41) is 9.03. The first-order chi connectivity index (χ1) is 7.54. The fourth-order valence-electron chi connectivity index (χ4n) is 1.07. The fraction of sp³-hybridized carbons (Fsp3) is 0.250. The molecule has 86 valence electrons. The number of carboxylic acid groups (broad SMARTS) is 1. The predicted molar refractivity (Wildman–Crippen MR) is 71.3 cm³/mol. The van der Waals surface area contributed by atoms with Crippen molar-refractivity contribution >= 4 is 33.7 Å². The average Bonchev–Trinajstić information content (AvgIpc) is 2.25. The summed E-state index contributed by atoms with van der Waals surface area (Å²) < 4.78 is 0.891. The molecule has 1 aromatic rings. The topological polar surface area (TPSA) is 37.3 Å². The zero-order chi connectivity index (χ0) is 12.1. The molecule has 2 nitrogen and oxygen atoms in total. The fourth-order valence-corrected chi connectivity index (χ4v) is 2.67. The van der Waals surface area contributed by atoms with E-state index in [1.807, 2.05) is 13.0 Å². The molecule has 0 aliphatic heterocycles. The molecule has 1 aromatic carbocycles. The molecule has 0 unspecified atom stereocenters. The van der Waals surface area contributed by atoms with E-state index in [1.165, 1.54) is 11.8 Å². The molecule has 4 heteroatoms. The summed E-state index contributed by atoms with van der Waals surface area (Å²) in [6.07, 6.45) is 0.920. The molecule has 0 aromatic heterocycles. The lowest BCUT2D eigenvalue weighted by Crippen LogP contribution is -1.99. The van der Waals surface area contributed by atoms with E-state index in [9.17, 15) is 4.79 Å². The van der Waals surface area contributed by atoms with Crippen LogP contribution in [0.2, 0.25) is 0 Å². The minimum atomic E-state index is -0.892. The highest BCUT2D eigenvalue weighted by atomic mass is 79.9. The van der Waals surface area contributed by atoms with Gasteiger partial charge in [0.1, 0.15) is 0 Å². The number of carbonyl (C=O) groups is 1. The lowest BCUT2D eigenvalue weighted by Gasteiger charge is -2.07. The summed E-state index contributed by atoms with van der Waals surface area (Å²) in [6, 6.07) is 5.18. The molecular formula is C12H13BrO2S. The van der Waals surface area contributed by atoms with Crippen LogP contribution in [0.1, 0.15) is 23.7 Å². The van der Waals surface area contributed by atoms with Gasteiger partial charge in [0.2, 0.25) is 0 Å². The molecular weight excluding hydrogens is 288 g/mol. The third-order valence-electron chi connectivity index (χ3n) is 2.11. The van der Waals surface area contributed by atoms with Gasteiger partial charge in [-0.3, -0.25) is 0 Å². The Balaban J connectivity index is 2.88. The van der Waals surface area contributed by atoms with Crippen LogP contribution < -0.4 is 0 Å². The average molecular weight is 301 g/mol. The van der Waals surface area contributed by atoms with E-state index in [2.05, 4.69) is 22.5 Å². The van der Waals surface area contributed by atoms with Crippen LogP contribution in [0, 0.1) is 0 Å². The molecule has 0 aliphatic rings. The number of halogens is 1. The van der Waals surface area contributed by atoms with Crippen molar-refractivity contribution in [1.29, 1.82) is 0 Å². The highest BCUT2D eigenvalue weighted by Crippen LogP contribution is 2.28. The number of rotatable bonds is 5. The molecule has 0 amide bonds. The second-order valence-corrected chi connectivity index (χ2v) is 5.27. The standard InChI is InChI=1S/C12H13BrO2S/c1-3-8(2)7-16-11-6-9(13)4-5-10(11)12(14)15/h4-6H,2-3,7H2,1H3,(H,14,15). The van der Waals surface area contributed by atoms with E-state index in [4.69, 9.17) is 5.11 Å². The highest BCUT2D eigenvalue weighted by molar-refractivity contribution is 9.10. The molecule has 1 N–H and O–H groups in total. The van der Waals surface area contributed by atoms with Crippen LogP contribution in [-0.4, -0.2) is 16.8 Å². The summed E-state index contributed by atoms with van der Waals surface area (Å²) >= 11 is 4.85. The van der Waals surface area contributed by atoms with Crippen LogP contribution in [0.25, 0.3) is 0 Å². The van der Waals surface area contributed by atoms with E-state index >= 15 is 0 Å². The van der Waals surface area contributed by atoms with Gasteiger partial charge in [0.05, 0.1) is 5.56 Å². The van der Waals surface area contributed by atoms with Gasteiger partial charge < -0.3 is 5.11 Å². The van der Waals surface area contributed by atoms with E-state index < -0.39 is 5.97 Å². The van der Waals surface area contributed by atoms with Crippen molar-refractivity contribution in [3.63, 3.8) is 0 Å². The lowest BCUT2D eigenvalue weighted by molar-refractivity contribution is 0.0693. The quantitative estimate of drug-likeness (QED) is 0.654. The van der Waals surface area contributed by atoms with Gasteiger partial charge in [-0.1, -0.05) is 35.0 Å². The molecule has 0 saturated heterocycles. The summed E-state index contributed by atoms with van der Waals surface area (Å²) in [5.41, 5.74) is 1.46. The normalized spacial score (nSPS) is 10.1. The van der Waals surface area contributed by atoms with Crippen molar-refractivity contribution in [3.8, 4) is 0 Å². The van der Waals surface area contributed by atoms with E-state index in [0.717, 1.165) is 27.1 Å². The van der Waals surface area contributed by atoms with Gasteiger partial charge >= 0.3 is 5.97 Å². The van der Waals surface area contributed by atoms with Gasteiger partial charge in [-0.2, -0.15) is 0 Å². The van der Waals surface area contributed by atoms with Crippen molar-refractivity contribution in [2.24, 2.45) is 0 Å². The molecule has 0 heterocycles. The van der Waals surface area contributed by atoms with Crippen molar-refractivity contribution in [1.82, 2.24) is 0 Å². The highest BCUT2D eigenvalue weighted by Gasteiger charge is 2.10. The van der Waals surface area contributed by atoms with Crippen molar-refractivity contribution < 1.29 is 9.90 Å². The number of aromatic carboxylic acids is 1. The largest absolute Gasteiger partial charge is 0.478 e. The second kappa shape index (κ2) is 6.11. The zero-order valence-electron chi connectivity index (χ0n) is 9.00. The predicted octanol–water partition coefficient (Wildman–Crippen LogP) is 4.21. The minimum absolute atomic E-state index is 0.345. The van der Waals surface area contributed by atoms with Crippen LogP contribution in [0.3, 0.4) is 0 Å². The third-order valence-corrected chi connectivity index (χ3v) is 3.80. The van der Waals surface area contributed by atoms with Crippen molar-refractivity contribution in [2.75, 3.05) is 5.75 Å². The Morgan fingerprint density at radius 3 is 2.81 bits per heavy atom. The van der Waals surface area contributed by atoms with Gasteiger partial charge in [0, 0.05) is 15.1 Å². The molecule has 0 fully saturated rings. The number of thioether (sulfide) groups is 1. The van der Waals surface area contributed by atoms with E-state index in [0.29, 0.717) is 5.56 Å². The lowest BCUT2D eigenvalue weighted by atomic mass is 10.2. The summed E-state index contributed by atoms with van der Waals surface area (Å²) in [5.74, 6) is -0.134. The Morgan fingerprint density at radius 1 is 1.56 bits per heavy atom. The van der Waals surface area contributed by atoms with Crippen LogP contribution in [0.15, 0.2) is 39.7 Å². The smallest absolute Gasteiger partial charge is 0.336 e. The first-order valence-electron chi connectivity index (χ1n) is 4.87. The van der Waals surface area contributed by atoms with Crippen LogP contribution >= 0.6 is 27.7 Å². The number of carboxylic acids is 1. The zero-order valence-corrected chi connectivity index (χ0v) is 11.4. The number of hydrogen-bond donors (Lipinski definition) is 1. The summed E-state index contributed by atoms with van der Waals surface area (Å²) in [7, 11) is 0. The summed E-state index contributed by atoms with van der Waals surface area (Å²) in [4.78, 5) is 11.8. The maximum Gasteiger partial charge on any atom is 0.336 e. The summed E-state index contributed by atoms with van der Waals surface area (Å²) in [6.45, 7) is 5.95. The second-order valence-electron chi connectivity index (χ2n) is 3.34. The first kappa shape index (κ1) is 13.3. The molecule has 0 bridgehead atoms. The Hall–Kier alpha value is -0.740. The maximum absolute atomic E-state index is 11.0. The van der Waals surface area contributed by atoms with Gasteiger partial charge in [0.15, 0.2) is 0 Å². The molecule has 0 radical (unpaired) electrons. The molecule has 16 heavy (non-hydrogen) atoms. The van der Waals surface area contributed by atoms with Crippen LogP contribution in [0.4, 0.5) is 0 Å². The van der Waals surface area contributed by atoms with Crippen molar-refractivity contribution in [2.45, 2.75) is 18.2 Å².